The zero-order chi connectivity index (χ0) is 14.5. The van der Waals surface area contributed by atoms with Gasteiger partial charge in [-0.05, 0) is 20.3 Å². The fourth-order valence-corrected chi connectivity index (χ4v) is 2.10. The Labute approximate surface area is 118 Å². The van der Waals surface area contributed by atoms with Gasteiger partial charge in [-0.15, -0.1) is 0 Å². The van der Waals surface area contributed by atoms with Crippen LogP contribution in [0.15, 0.2) is 6.33 Å². The lowest BCUT2D eigenvalue weighted by Gasteiger charge is -2.13. The number of aryl methyl sites for hydroxylation is 1. The Morgan fingerprint density at radius 1 is 1.45 bits per heavy atom. The maximum Gasteiger partial charge on any atom is 0.342 e. The van der Waals surface area contributed by atoms with Crippen molar-refractivity contribution in [2.24, 2.45) is 0 Å². The molecule has 6 nitrogen and oxygen atoms in total. The maximum absolute atomic E-state index is 12.1. The Bertz CT molecular complexity index is 606. The first-order valence-electron chi connectivity index (χ1n) is 6.93. The number of rotatable bonds is 6. The molecule has 0 spiro atoms. The summed E-state index contributed by atoms with van der Waals surface area (Å²) in [6.45, 7) is 6.84. The van der Waals surface area contributed by atoms with E-state index in [4.69, 9.17) is 4.74 Å². The van der Waals surface area contributed by atoms with Crippen molar-refractivity contribution in [3.8, 4) is 0 Å². The molecule has 2 aromatic rings. The van der Waals surface area contributed by atoms with E-state index in [-0.39, 0.29) is 5.97 Å². The van der Waals surface area contributed by atoms with Gasteiger partial charge in [-0.1, -0.05) is 13.3 Å². The summed E-state index contributed by atoms with van der Waals surface area (Å²) in [4.78, 5) is 23.7. The van der Waals surface area contributed by atoms with Crippen LogP contribution < -0.4 is 5.32 Å². The van der Waals surface area contributed by atoms with E-state index in [0.29, 0.717) is 23.5 Å². The minimum atomic E-state index is -0.354. The molecule has 0 fully saturated rings. The van der Waals surface area contributed by atoms with Crippen molar-refractivity contribution in [3.05, 3.63) is 17.6 Å². The molecule has 2 aromatic heterocycles. The van der Waals surface area contributed by atoms with Crippen LogP contribution in [0, 0.1) is 6.92 Å². The summed E-state index contributed by atoms with van der Waals surface area (Å²) in [5.74, 6) is -0.354. The van der Waals surface area contributed by atoms with Gasteiger partial charge in [-0.2, -0.15) is 0 Å². The van der Waals surface area contributed by atoms with Crippen LogP contribution in [0.25, 0.3) is 11.2 Å². The van der Waals surface area contributed by atoms with Gasteiger partial charge in [0.2, 0.25) is 0 Å². The zero-order valence-electron chi connectivity index (χ0n) is 12.1. The fraction of sp³-hybridized carbons (Fsp3) is 0.500. The third-order valence-corrected chi connectivity index (χ3v) is 3.07. The molecule has 0 atom stereocenters. The van der Waals surface area contributed by atoms with Gasteiger partial charge in [0.25, 0.3) is 0 Å². The Hall–Kier alpha value is -2.11. The van der Waals surface area contributed by atoms with E-state index >= 15 is 0 Å². The highest BCUT2D eigenvalue weighted by Gasteiger charge is 2.21. The monoisotopic (exact) mass is 276 g/mol. The number of unbranched alkanes of at least 4 members (excludes halogenated alkanes) is 1. The first-order chi connectivity index (χ1) is 9.69. The highest BCUT2D eigenvalue weighted by atomic mass is 16.5. The van der Waals surface area contributed by atoms with Crippen LogP contribution in [0.1, 0.15) is 42.7 Å². The summed E-state index contributed by atoms with van der Waals surface area (Å²) in [5, 5.41) is 3.31. The smallest absolute Gasteiger partial charge is 0.342 e. The maximum atomic E-state index is 12.1. The summed E-state index contributed by atoms with van der Waals surface area (Å²) in [5.41, 5.74) is 3.20. The quantitative estimate of drug-likeness (QED) is 0.626. The van der Waals surface area contributed by atoms with E-state index in [9.17, 15) is 4.79 Å². The third-order valence-electron chi connectivity index (χ3n) is 3.07. The first kappa shape index (κ1) is 14.3. The molecule has 108 valence electrons. The molecule has 0 aliphatic carbocycles. The van der Waals surface area contributed by atoms with E-state index in [1.807, 2.05) is 0 Å². The van der Waals surface area contributed by atoms with Gasteiger partial charge in [0, 0.05) is 6.54 Å². The number of ether oxygens (including phenoxy) is 1. The van der Waals surface area contributed by atoms with Crippen LogP contribution in [0.4, 0.5) is 5.69 Å². The van der Waals surface area contributed by atoms with E-state index in [0.717, 1.165) is 30.6 Å². The normalized spacial score (nSPS) is 10.8. The van der Waals surface area contributed by atoms with Crippen molar-refractivity contribution < 1.29 is 9.53 Å². The highest BCUT2D eigenvalue weighted by molar-refractivity contribution is 6.04. The van der Waals surface area contributed by atoms with Crippen molar-refractivity contribution in [1.82, 2.24) is 15.0 Å². The molecular weight excluding hydrogens is 256 g/mol. The minimum Gasteiger partial charge on any atom is -0.462 e. The van der Waals surface area contributed by atoms with Crippen molar-refractivity contribution in [3.63, 3.8) is 0 Å². The number of nitrogens with zero attached hydrogens (tertiary/aromatic N) is 2. The summed E-state index contributed by atoms with van der Waals surface area (Å²) in [6, 6.07) is 0. The molecule has 0 aliphatic heterocycles. The molecule has 0 aromatic carbocycles. The second-order valence-electron chi connectivity index (χ2n) is 4.55. The van der Waals surface area contributed by atoms with Crippen molar-refractivity contribution >= 4 is 22.8 Å². The van der Waals surface area contributed by atoms with E-state index < -0.39 is 0 Å². The number of hydrogen-bond donors (Lipinski definition) is 2. The van der Waals surface area contributed by atoms with Crippen LogP contribution >= 0.6 is 0 Å². The number of esters is 1. The van der Waals surface area contributed by atoms with Crippen molar-refractivity contribution in [1.29, 1.82) is 0 Å². The number of fused-ring (bicyclic) bond motifs is 1. The Balaban J connectivity index is 2.48. The lowest BCUT2D eigenvalue weighted by atomic mass is 10.1. The molecule has 2 N–H and O–H groups in total. The predicted octanol–water partition coefficient (Wildman–Crippen LogP) is 2.66. The van der Waals surface area contributed by atoms with Gasteiger partial charge in [-0.3, -0.25) is 0 Å². The molecule has 0 amide bonds. The molecule has 2 heterocycles. The number of aromatic amines is 1. The molecule has 2 rings (SSSR count). The molecule has 6 heteroatoms. The summed E-state index contributed by atoms with van der Waals surface area (Å²) < 4.78 is 5.13. The SMILES string of the molecule is CCCCNc1c(C(=O)OCC)c(C)nc2nc[nH]c12. The summed E-state index contributed by atoms with van der Waals surface area (Å²) in [6.07, 6.45) is 3.69. The number of carbonyl (C=O) groups excluding carboxylic acids is 1. The summed E-state index contributed by atoms with van der Waals surface area (Å²) in [7, 11) is 0. The van der Waals surface area contributed by atoms with Gasteiger partial charge >= 0.3 is 5.97 Å². The fourth-order valence-electron chi connectivity index (χ4n) is 2.10. The molecular formula is C14H20N4O2. The number of imidazole rings is 1. The molecule has 0 radical (unpaired) electrons. The largest absolute Gasteiger partial charge is 0.462 e. The number of anilines is 1. The average Bonchev–Trinajstić information content (AvgIpc) is 2.86. The molecule has 0 bridgehead atoms. The van der Waals surface area contributed by atoms with E-state index in [1.165, 1.54) is 0 Å². The number of hydrogen-bond acceptors (Lipinski definition) is 5. The molecule has 20 heavy (non-hydrogen) atoms. The van der Waals surface area contributed by atoms with Crippen LogP contribution in [0.2, 0.25) is 0 Å². The number of H-pyrrole nitrogens is 1. The second kappa shape index (κ2) is 6.36. The van der Waals surface area contributed by atoms with Crippen molar-refractivity contribution in [2.75, 3.05) is 18.5 Å². The Kier molecular flexibility index (Phi) is 4.55. The van der Waals surface area contributed by atoms with Gasteiger partial charge < -0.3 is 15.0 Å². The van der Waals surface area contributed by atoms with Crippen LogP contribution in [-0.2, 0) is 4.74 Å². The average molecular weight is 276 g/mol. The second-order valence-corrected chi connectivity index (χ2v) is 4.55. The highest BCUT2D eigenvalue weighted by Crippen LogP contribution is 2.27. The molecule has 0 aliphatic rings. The van der Waals surface area contributed by atoms with Crippen LogP contribution in [0.5, 0.6) is 0 Å². The number of carbonyl (C=O) groups is 1. The predicted molar refractivity (Wildman–Crippen MR) is 78.0 cm³/mol. The van der Waals surface area contributed by atoms with Gasteiger partial charge in [0.1, 0.15) is 11.1 Å². The number of pyridine rings is 1. The van der Waals surface area contributed by atoms with E-state index in [2.05, 4.69) is 27.2 Å². The minimum absolute atomic E-state index is 0.341. The lowest BCUT2D eigenvalue weighted by Crippen LogP contribution is -2.14. The van der Waals surface area contributed by atoms with E-state index in [1.54, 1.807) is 20.2 Å². The molecule has 0 saturated heterocycles. The van der Waals surface area contributed by atoms with Crippen molar-refractivity contribution in [2.45, 2.75) is 33.6 Å². The Morgan fingerprint density at radius 3 is 2.95 bits per heavy atom. The standard InChI is InChI=1S/C14H20N4O2/c1-4-6-7-15-11-10(14(19)20-5-2)9(3)18-13-12(11)16-8-17-13/h8H,4-7H2,1-3H3,(H2,15,16,17,18). The Morgan fingerprint density at radius 2 is 2.25 bits per heavy atom. The molecule has 0 saturated carbocycles. The third kappa shape index (κ3) is 2.74. The lowest BCUT2D eigenvalue weighted by molar-refractivity contribution is 0.0526. The van der Waals surface area contributed by atoms with Crippen LogP contribution in [0.3, 0.4) is 0 Å². The first-order valence-corrected chi connectivity index (χ1v) is 6.93. The number of nitrogens with one attached hydrogen (secondary N) is 2. The number of aromatic nitrogens is 3. The van der Waals surface area contributed by atoms with Crippen LogP contribution in [-0.4, -0.2) is 34.1 Å². The zero-order valence-corrected chi connectivity index (χ0v) is 12.1. The molecule has 0 unspecified atom stereocenters. The van der Waals surface area contributed by atoms with Gasteiger partial charge in [-0.25, -0.2) is 14.8 Å². The van der Waals surface area contributed by atoms with Gasteiger partial charge in [0.05, 0.1) is 24.3 Å². The van der Waals surface area contributed by atoms with Gasteiger partial charge in [0.15, 0.2) is 5.65 Å². The summed E-state index contributed by atoms with van der Waals surface area (Å²) >= 11 is 0. The topological polar surface area (TPSA) is 79.9 Å².